The van der Waals surface area contributed by atoms with Gasteiger partial charge in [-0.2, -0.15) is 0 Å². The van der Waals surface area contributed by atoms with Crippen molar-refractivity contribution in [2.24, 2.45) is 5.92 Å². The first-order valence-electron chi connectivity index (χ1n) is 6.99. The van der Waals surface area contributed by atoms with Crippen LogP contribution in [-0.4, -0.2) is 43.0 Å². The second-order valence-electron chi connectivity index (χ2n) is 5.34. The minimum atomic E-state index is 0.385. The van der Waals surface area contributed by atoms with Gasteiger partial charge in [-0.25, -0.2) is 0 Å². The van der Waals surface area contributed by atoms with Crippen LogP contribution in [0.2, 0.25) is 0 Å². The van der Waals surface area contributed by atoms with E-state index in [1.54, 1.807) is 7.11 Å². The molecule has 0 amide bonds. The molecule has 0 aromatic carbocycles. The summed E-state index contributed by atoms with van der Waals surface area (Å²) in [5.74, 6) is 1.44. The van der Waals surface area contributed by atoms with E-state index in [1.807, 2.05) is 0 Å². The molecule has 0 saturated heterocycles. The topological polar surface area (TPSA) is 63.4 Å². The maximum atomic E-state index is 5.72. The first kappa shape index (κ1) is 14.3. The molecule has 0 aliphatic heterocycles. The lowest BCUT2D eigenvalue weighted by molar-refractivity contribution is 0.198. The van der Waals surface area contributed by atoms with E-state index in [9.17, 15) is 0 Å². The molecule has 108 valence electrons. The van der Waals surface area contributed by atoms with Gasteiger partial charge in [0.05, 0.1) is 13.2 Å². The summed E-state index contributed by atoms with van der Waals surface area (Å²) in [4.78, 5) is 2.20. The van der Waals surface area contributed by atoms with Crippen LogP contribution in [0.25, 0.3) is 0 Å². The number of nitrogens with zero attached hydrogens (tertiary/aromatic N) is 3. The highest BCUT2D eigenvalue weighted by Gasteiger charge is 2.28. The van der Waals surface area contributed by atoms with Crippen LogP contribution in [0.5, 0.6) is 0 Å². The Kier molecular flexibility index (Phi) is 5.15. The molecule has 1 aliphatic rings. The number of nitrogens with one attached hydrogen (secondary N) is 1. The van der Waals surface area contributed by atoms with Gasteiger partial charge in [-0.3, -0.25) is 0 Å². The van der Waals surface area contributed by atoms with Gasteiger partial charge in [0.15, 0.2) is 0 Å². The molecule has 0 unspecified atom stereocenters. The Labute approximate surface area is 114 Å². The largest absolute Gasteiger partial charge is 0.407 e. The minimum absolute atomic E-state index is 0.385. The zero-order valence-electron chi connectivity index (χ0n) is 12.1. The molecule has 2 rings (SSSR count). The van der Waals surface area contributed by atoms with Gasteiger partial charge in [-0.05, 0) is 32.6 Å². The van der Waals surface area contributed by atoms with E-state index in [-0.39, 0.29) is 0 Å². The van der Waals surface area contributed by atoms with Crippen LogP contribution < -0.4 is 10.2 Å². The third kappa shape index (κ3) is 4.47. The molecule has 1 aliphatic carbocycles. The molecule has 1 aromatic heterocycles. The maximum absolute atomic E-state index is 5.72. The molecule has 0 bridgehead atoms. The van der Waals surface area contributed by atoms with Gasteiger partial charge >= 0.3 is 6.01 Å². The van der Waals surface area contributed by atoms with Crippen molar-refractivity contribution in [1.29, 1.82) is 0 Å². The predicted molar refractivity (Wildman–Crippen MR) is 73.1 cm³/mol. The first-order valence-corrected chi connectivity index (χ1v) is 6.99. The number of aromatic nitrogens is 2. The molecular weight excluding hydrogens is 244 g/mol. The van der Waals surface area contributed by atoms with Gasteiger partial charge < -0.3 is 19.4 Å². The van der Waals surface area contributed by atoms with Gasteiger partial charge in [-0.15, -0.1) is 5.10 Å². The molecule has 1 fully saturated rings. The molecule has 6 nitrogen and oxygen atoms in total. The van der Waals surface area contributed by atoms with Crippen LogP contribution in [0.3, 0.4) is 0 Å². The summed E-state index contributed by atoms with van der Waals surface area (Å²) in [5, 5.41) is 11.4. The van der Waals surface area contributed by atoms with Gasteiger partial charge in [0.2, 0.25) is 5.89 Å². The van der Waals surface area contributed by atoms with Crippen molar-refractivity contribution in [3.8, 4) is 0 Å². The van der Waals surface area contributed by atoms with Crippen molar-refractivity contribution in [3.63, 3.8) is 0 Å². The number of anilines is 1. The molecular formula is C13H24N4O2. The third-order valence-corrected chi connectivity index (χ3v) is 3.24. The van der Waals surface area contributed by atoms with Crippen molar-refractivity contribution < 1.29 is 9.15 Å². The summed E-state index contributed by atoms with van der Waals surface area (Å²) in [6.07, 6.45) is 2.64. The second kappa shape index (κ2) is 6.86. The highest BCUT2D eigenvalue weighted by Crippen LogP contribution is 2.31. The van der Waals surface area contributed by atoms with Crippen LogP contribution in [0.4, 0.5) is 6.01 Å². The van der Waals surface area contributed by atoms with Crippen molar-refractivity contribution in [2.75, 3.05) is 31.7 Å². The van der Waals surface area contributed by atoms with Crippen LogP contribution in [0.1, 0.15) is 32.6 Å². The average molecular weight is 268 g/mol. The predicted octanol–water partition coefficient (Wildman–Crippen LogP) is 1.43. The Morgan fingerprint density at radius 3 is 2.84 bits per heavy atom. The first-order chi connectivity index (χ1) is 9.20. The third-order valence-electron chi connectivity index (χ3n) is 3.24. The molecule has 6 heteroatoms. The summed E-state index contributed by atoms with van der Waals surface area (Å²) in [6, 6.07) is 1.03. The SMILES string of the molecule is COCCNCc1nnc(N(CC2CC2)C(C)C)o1. The number of rotatable bonds is 9. The van der Waals surface area contributed by atoms with Crippen molar-refractivity contribution >= 4 is 6.01 Å². The van der Waals surface area contributed by atoms with Crippen LogP contribution >= 0.6 is 0 Å². The Hall–Kier alpha value is -1.14. The van der Waals surface area contributed by atoms with E-state index in [4.69, 9.17) is 9.15 Å². The zero-order chi connectivity index (χ0) is 13.7. The summed E-state index contributed by atoms with van der Waals surface area (Å²) >= 11 is 0. The maximum Gasteiger partial charge on any atom is 0.318 e. The Morgan fingerprint density at radius 2 is 2.21 bits per heavy atom. The van der Waals surface area contributed by atoms with Gasteiger partial charge in [0.1, 0.15) is 0 Å². The molecule has 1 saturated carbocycles. The normalized spacial score (nSPS) is 15.2. The smallest absolute Gasteiger partial charge is 0.318 e. The van der Waals surface area contributed by atoms with Gasteiger partial charge in [0.25, 0.3) is 0 Å². The summed E-state index contributed by atoms with van der Waals surface area (Å²) in [5.41, 5.74) is 0. The highest BCUT2D eigenvalue weighted by atomic mass is 16.5. The molecule has 19 heavy (non-hydrogen) atoms. The number of hydrogen-bond acceptors (Lipinski definition) is 6. The van der Waals surface area contributed by atoms with E-state index in [0.717, 1.165) is 19.0 Å². The molecule has 0 spiro atoms. The number of hydrogen-bond donors (Lipinski definition) is 1. The van der Waals surface area contributed by atoms with E-state index in [2.05, 4.69) is 34.3 Å². The number of ether oxygens (including phenoxy) is 1. The van der Waals surface area contributed by atoms with E-state index >= 15 is 0 Å². The van der Waals surface area contributed by atoms with Crippen molar-refractivity contribution in [2.45, 2.75) is 39.3 Å². The number of methoxy groups -OCH3 is 1. The van der Waals surface area contributed by atoms with Crippen LogP contribution in [0, 0.1) is 5.92 Å². The lowest BCUT2D eigenvalue weighted by atomic mass is 10.3. The fourth-order valence-corrected chi connectivity index (χ4v) is 1.89. The quantitative estimate of drug-likeness (QED) is 0.684. The lowest BCUT2D eigenvalue weighted by Gasteiger charge is -2.24. The Morgan fingerprint density at radius 1 is 1.42 bits per heavy atom. The summed E-state index contributed by atoms with van der Waals surface area (Å²) in [6.45, 7) is 7.39. The van der Waals surface area contributed by atoms with E-state index in [1.165, 1.54) is 12.8 Å². The summed E-state index contributed by atoms with van der Waals surface area (Å²) < 4.78 is 10.7. The van der Waals surface area contributed by atoms with Gasteiger partial charge in [0, 0.05) is 26.2 Å². The minimum Gasteiger partial charge on any atom is -0.407 e. The Balaban J connectivity index is 1.86. The standard InChI is InChI=1S/C13H24N4O2/c1-10(2)17(9-11-4-5-11)13-16-15-12(19-13)8-14-6-7-18-3/h10-11,14H,4-9H2,1-3H3. The molecule has 0 radical (unpaired) electrons. The summed E-state index contributed by atoms with van der Waals surface area (Å²) in [7, 11) is 1.69. The second-order valence-corrected chi connectivity index (χ2v) is 5.34. The fraction of sp³-hybridized carbons (Fsp3) is 0.846. The van der Waals surface area contributed by atoms with Crippen LogP contribution in [0.15, 0.2) is 4.42 Å². The monoisotopic (exact) mass is 268 g/mol. The van der Waals surface area contributed by atoms with Gasteiger partial charge in [-0.1, -0.05) is 5.10 Å². The fourth-order valence-electron chi connectivity index (χ4n) is 1.89. The molecule has 0 atom stereocenters. The lowest BCUT2D eigenvalue weighted by Crippen LogP contribution is -2.33. The van der Waals surface area contributed by atoms with Crippen molar-refractivity contribution in [3.05, 3.63) is 5.89 Å². The zero-order valence-corrected chi connectivity index (χ0v) is 12.1. The highest BCUT2D eigenvalue weighted by molar-refractivity contribution is 5.26. The van der Waals surface area contributed by atoms with Crippen molar-refractivity contribution in [1.82, 2.24) is 15.5 Å². The molecule has 1 aromatic rings. The van der Waals surface area contributed by atoms with E-state index in [0.29, 0.717) is 31.1 Å². The van der Waals surface area contributed by atoms with Crippen LogP contribution in [-0.2, 0) is 11.3 Å². The Bertz CT molecular complexity index is 376. The van der Waals surface area contributed by atoms with E-state index < -0.39 is 0 Å². The molecule has 1 heterocycles. The molecule has 1 N–H and O–H groups in total. The average Bonchev–Trinajstić information content (AvgIpc) is 3.09.